The van der Waals surface area contributed by atoms with Crippen LogP contribution in [0.3, 0.4) is 0 Å². The summed E-state index contributed by atoms with van der Waals surface area (Å²) in [5, 5.41) is 0.473. The van der Waals surface area contributed by atoms with E-state index in [0.29, 0.717) is 49.3 Å². The normalized spacial score (nSPS) is 18.6. The van der Waals surface area contributed by atoms with Crippen molar-refractivity contribution in [1.82, 2.24) is 9.80 Å². The molecule has 38 heavy (non-hydrogen) atoms. The van der Waals surface area contributed by atoms with Gasteiger partial charge in [-0.15, -0.1) is 0 Å². The first kappa shape index (κ1) is 24.4. The van der Waals surface area contributed by atoms with Crippen molar-refractivity contribution < 1.29 is 14.0 Å². The Morgan fingerprint density at radius 3 is 2.42 bits per heavy atom. The van der Waals surface area contributed by atoms with Crippen LogP contribution in [-0.2, 0) is 16.0 Å². The maximum Gasteiger partial charge on any atom is 0.259 e. The van der Waals surface area contributed by atoms with Gasteiger partial charge in [0, 0.05) is 38.2 Å². The highest BCUT2D eigenvalue weighted by atomic mass is 32.2. The lowest BCUT2D eigenvalue weighted by Gasteiger charge is -2.36. The molecule has 2 amide bonds. The minimum absolute atomic E-state index is 0.0317. The quantitative estimate of drug-likeness (QED) is 0.501. The summed E-state index contributed by atoms with van der Waals surface area (Å²) < 4.78 is 14.2. The average Bonchev–Trinajstić information content (AvgIpc) is 3.28. The van der Waals surface area contributed by atoms with Crippen molar-refractivity contribution in [2.24, 2.45) is 9.98 Å². The van der Waals surface area contributed by atoms with Crippen LogP contribution in [0.2, 0.25) is 0 Å². The average molecular weight is 528 g/mol. The van der Waals surface area contributed by atoms with Crippen LogP contribution in [0.1, 0.15) is 11.1 Å². The highest BCUT2D eigenvalue weighted by Crippen LogP contribution is 2.34. The smallest absolute Gasteiger partial charge is 0.259 e. The molecule has 3 aromatic rings. The molecule has 0 N–H and O–H groups in total. The molecule has 0 bridgehead atoms. The minimum atomic E-state index is -0.536. The Bertz CT molecular complexity index is 1440. The summed E-state index contributed by atoms with van der Waals surface area (Å²) in [7, 11) is 0. The molecule has 192 valence electrons. The number of rotatable bonds is 5. The summed E-state index contributed by atoms with van der Waals surface area (Å²) in [5.41, 5.74) is 3.16. The Morgan fingerprint density at radius 1 is 0.921 bits per heavy atom. The summed E-state index contributed by atoms with van der Waals surface area (Å²) >= 11 is 1.26. The Kier molecular flexibility index (Phi) is 6.68. The van der Waals surface area contributed by atoms with Crippen LogP contribution in [-0.4, -0.2) is 70.6 Å². The second kappa shape index (κ2) is 10.4. The van der Waals surface area contributed by atoms with E-state index in [1.165, 1.54) is 17.8 Å². The topological polar surface area (TPSA) is 68.6 Å². The minimum Gasteiger partial charge on any atom is -0.366 e. The molecule has 0 saturated carbocycles. The summed E-state index contributed by atoms with van der Waals surface area (Å²) in [5.74, 6) is 0.333. The number of amides is 2. The van der Waals surface area contributed by atoms with Crippen molar-refractivity contribution in [3.8, 4) is 0 Å². The van der Waals surface area contributed by atoms with Crippen LogP contribution >= 0.6 is 11.8 Å². The lowest BCUT2D eigenvalue weighted by atomic mass is 10.1. The molecule has 0 radical (unpaired) electrons. The molecule has 0 aliphatic carbocycles. The SMILES string of the molecule is O=C(CSC1=Nc2ccccc2C2=N[C@H](Cc3ccccc3)C(=O)N12)N1CCN(c2ccccc2F)CC1. The fourth-order valence-corrected chi connectivity index (χ4v) is 5.90. The summed E-state index contributed by atoms with van der Waals surface area (Å²) in [6, 6.07) is 23.6. The van der Waals surface area contributed by atoms with Gasteiger partial charge in [-0.3, -0.25) is 14.6 Å². The highest BCUT2D eigenvalue weighted by Gasteiger charge is 2.41. The Hall–Kier alpha value is -3.98. The van der Waals surface area contributed by atoms with E-state index in [4.69, 9.17) is 9.98 Å². The van der Waals surface area contributed by atoms with Gasteiger partial charge in [-0.2, -0.15) is 0 Å². The first-order valence-electron chi connectivity index (χ1n) is 12.6. The number of hydrogen-bond donors (Lipinski definition) is 0. The largest absolute Gasteiger partial charge is 0.366 e. The Morgan fingerprint density at radius 2 is 1.63 bits per heavy atom. The van der Waals surface area contributed by atoms with E-state index in [1.54, 1.807) is 21.9 Å². The molecule has 7 nitrogen and oxygen atoms in total. The number of para-hydroxylation sites is 2. The maximum absolute atomic E-state index is 14.2. The fraction of sp³-hybridized carbons (Fsp3) is 0.241. The number of nitrogens with zero attached hydrogens (tertiary/aromatic N) is 5. The van der Waals surface area contributed by atoms with Crippen molar-refractivity contribution in [3.63, 3.8) is 0 Å². The van der Waals surface area contributed by atoms with Crippen LogP contribution in [0, 0.1) is 5.82 Å². The molecule has 0 aromatic heterocycles. The van der Waals surface area contributed by atoms with E-state index >= 15 is 0 Å². The predicted molar refractivity (Wildman–Crippen MR) is 149 cm³/mol. The van der Waals surface area contributed by atoms with Crippen molar-refractivity contribution in [2.45, 2.75) is 12.5 Å². The monoisotopic (exact) mass is 527 g/mol. The third kappa shape index (κ3) is 4.69. The van der Waals surface area contributed by atoms with E-state index in [9.17, 15) is 14.0 Å². The van der Waals surface area contributed by atoms with Crippen LogP contribution < -0.4 is 4.90 Å². The number of anilines is 1. The molecule has 0 spiro atoms. The van der Waals surface area contributed by atoms with Gasteiger partial charge in [0.2, 0.25) is 5.91 Å². The van der Waals surface area contributed by atoms with Gasteiger partial charge in [0.05, 0.1) is 17.1 Å². The van der Waals surface area contributed by atoms with E-state index in [0.717, 1.165) is 16.8 Å². The third-order valence-corrected chi connectivity index (χ3v) is 7.89. The summed E-state index contributed by atoms with van der Waals surface area (Å²) in [6.45, 7) is 2.15. The number of carbonyl (C=O) groups is 2. The van der Waals surface area contributed by atoms with Gasteiger partial charge in [-0.25, -0.2) is 14.3 Å². The number of halogens is 1. The number of hydrogen-bond acceptors (Lipinski definition) is 6. The van der Waals surface area contributed by atoms with Gasteiger partial charge in [0.15, 0.2) is 5.17 Å². The van der Waals surface area contributed by atoms with Crippen LogP contribution in [0.25, 0.3) is 0 Å². The Balaban J connectivity index is 1.14. The number of amidine groups is 2. The van der Waals surface area contributed by atoms with Gasteiger partial charge in [0.1, 0.15) is 17.7 Å². The summed E-state index contributed by atoms with van der Waals surface area (Å²) in [4.78, 5) is 41.5. The molecular weight excluding hydrogens is 501 g/mol. The second-order valence-corrected chi connectivity index (χ2v) is 10.3. The molecule has 1 saturated heterocycles. The van der Waals surface area contributed by atoms with Crippen molar-refractivity contribution in [2.75, 3.05) is 36.8 Å². The molecule has 3 aliphatic heterocycles. The van der Waals surface area contributed by atoms with Crippen LogP contribution in [0.4, 0.5) is 15.8 Å². The number of thioether (sulfide) groups is 1. The lowest BCUT2D eigenvalue weighted by molar-refractivity contribution is -0.128. The van der Waals surface area contributed by atoms with Gasteiger partial charge in [-0.1, -0.05) is 66.4 Å². The van der Waals surface area contributed by atoms with Gasteiger partial charge >= 0.3 is 0 Å². The van der Waals surface area contributed by atoms with Crippen LogP contribution in [0.5, 0.6) is 0 Å². The lowest BCUT2D eigenvalue weighted by Crippen LogP contribution is -2.50. The number of aliphatic imine (C=N–C) groups is 2. The molecule has 6 rings (SSSR count). The number of carbonyl (C=O) groups excluding carboxylic acids is 2. The maximum atomic E-state index is 14.2. The zero-order valence-corrected chi connectivity index (χ0v) is 21.5. The molecule has 1 atom stereocenters. The molecule has 1 fully saturated rings. The molecule has 9 heteroatoms. The predicted octanol–water partition coefficient (Wildman–Crippen LogP) is 4.11. The molecule has 0 unspecified atom stereocenters. The molecule has 3 heterocycles. The van der Waals surface area contributed by atoms with Gasteiger partial charge in [0.25, 0.3) is 5.91 Å². The van der Waals surface area contributed by atoms with Crippen LogP contribution in [0.15, 0.2) is 88.8 Å². The molecule has 3 aliphatic rings. The zero-order valence-electron chi connectivity index (χ0n) is 20.7. The van der Waals surface area contributed by atoms with Crippen molar-refractivity contribution >= 4 is 46.0 Å². The second-order valence-electron chi connectivity index (χ2n) is 9.35. The van der Waals surface area contributed by atoms with Crippen molar-refractivity contribution in [3.05, 3.63) is 95.8 Å². The molecule has 3 aromatic carbocycles. The van der Waals surface area contributed by atoms with Gasteiger partial charge < -0.3 is 9.80 Å². The number of benzene rings is 3. The summed E-state index contributed by atoms with van der Waals surface area (Å²) in [6.07, 6.45) is 0.505. The number of piperazine rings is 1. The Labute approximate surface area is 224 Å². The van der Waals surface area contributed by atoms with Crippen molar-refractivity contribution in [1.29, 1.82) is 0 Å². The third-order valence-electron chi connectivity index (χ3n) is 6.97. The zero-order chi connectivity index (χ0) is 26.1. The number of fused-ring (bicyclic) bond motifs is 3. The van der Waals surface area contributed by atoms with E-state index < -0.39 is 6.04 Å². The van der Waals surface area contributed by atoms with Gasteiger partial charge in [-0.05, 0) is 29.8 Å². The highest BCUT2D eigenvalue weighted by molar-refractivity contribution is 8.14. The van der Waals surface area contributed by atoms with E-state index in [-0.39, 0.29) is 23.4 Å². The van der Waals surface area contributed by atoms with E-state index in [1.807, 2.05) is 65.6 Å². The first-order chi connectivity index (χ1) is 18.6. The fourth-order valence-electron chi connectivity index (χ4n) is 4.99. The standard InChI is InChI=1S/C29H26FN5O2S/c30-22-11-5-7-13-25(22)33-14-16-34(17-15-33)26(36)19-38-29-32-23-12-6-4-10-21(23)27-31-24(28(37)35(27)29)18-20-8-2-1-3-9-20/h1-13,24H,14-19H2/t24-/m1/s1. The first-order valence-corrected chi connectivity index (χ1v) is 13.6. The molecular formula is C29H26FN5O2S. The van der Waals surface area contributed by atoms with E-state index in [2.05, 4.69) is 0 Å².